The Kier molecular flexibility index (Phi) is 10.8. The molecule has 2 amide bonds. The Morgan fingerprint density at radius 2 is 1.68 bits per heavy atom. The summed E-state index contributed by atoms with van der Waals surface area (Å²) in [6.07, 6.45) is 5.86. The summed E-state index contributed by atoms with van der Waals surface area (Å²) in [5.41, 5.74) is 4.30. The first-order valence-electron chi connectivity index (χ1n) is 14.4. The predicted molar refractivity (Wildman–Crippen MR) is 164 cm³/mol. The van der Waals surface area contributed by atoms with Gasteiger partial charge < -0.3 is 15.0 Å². The number of hydrogen-bond acceptors (Lipinski definition) is 3. The summed E-state index contributed by atoms with van der Waals surface area (Å²) in [5.74, 6) is 0.679. The molecule has 212 valence electrons. The van der Waals surface area contributed by atoms with Gasteiger partial charge in [-0.1, -0.05) is 99.3 Å². The first-order chi connectivity index (χ1) is 19.3. The second-order valence-electron chi connectivity index (χ2n) is 11.2. The average molecular weight is 606 g/mol. The minimum absolute atomic E-state index is 0.0979. The summed E-state index contributed by atoms with van der Waals surface area (Å²) in [5, 5.41) is 3.29. The lowest BCUT2D eigenvalue weighted by atomic mass is 9.94. The van der Waals surface area contributed by atoms with Crippen molar-refractivity contribution >= 4 is 27.7 Å². The van der Waals surface area contributed by atoms with E-state index in [9.17, 15) is 9.59 Å². The molecule has 0 unspecified atom stereocenters. The molecule has 6 heteroatoms. The molecule has 0 spiro atoms. The zero-order chi connectivity index (χ0) is 28.5. The first kappa shape index (κ1) is 29.9. The topological polar surface area (TPSA) is 58.6 Å². The highest BCUT2D eigenvalue weighted by molar-refractivity contribution is 9.10. The van der Waals surface area contributed by atoms with Crippen molar-refractivity contribution in [3.05, 3.63) is 99.5 Å². The average Bonchev–Trinajstić information content (AvgIpc) is 2.95. The Morgan fingerprint density at radius 1 is 0.950 bits per heavy atom. The van der Waals surface area contributed by atoms with Gasteiger partial charge >= 0.3 is 0 Å². The van der Waals surface area contributed by atoms with Crippen LogP contribution in [-0.2, 0) is 22.6 Å². The third-order valence-electron chi connectivity index (χ3n) is 7.63. The van der Waals surface area contributed by atoms with E-state index < -0.39 is 6.04 Å². The van der Waals surface area contributed by atoms with Crippen LogP contribution in [0.3, 0.4) is 0 Å². The van der Waals surface area contributed by atoms with E-state index in [0.29, 0.717) is 24.6 Å². The summed E-state index contributed by atoms with van der Waals surface area (Å²) in [6, 6.07) is 23.5. The Bertz CT molecular complexity index is 1270. The van der Waals surface area contributed by atoms with Gasteiger partial charge in [0.05, 0.1) is 4.47 Å². The zero-order valence-electron chi connectivity index (χ0n) is 23.9. The molecule has 1 fully saturated rings. The van der Waals surface area contributed by atoms with Gasteiger partial charge in [0, 0.05) is 19.0 Å². The molecule has 3 aromatic rings. The molecule has 0 saturated heterocycles. The van der Waals surface area contributed by atoms with Crippen LogP contribution in [0.5, 0.6) is 5.75 Å². The van der Waals surface area contributed by atoms with Crippen LogP contribution >= 0.6 is 15.9 Å². The van der Waals surface area contributed by atoms with E-state index in [2.05, 4.69) is 41.2 Å². The lowest BCUT2D eigenvalue weighted by molar-refractivity contribution is -0.143. The second-order valence-corrected chi connectivity index (χ2v) is 12.0. The highest BCUT2D eigenvalue weighted by Gasteiger charge is 2.32. The summed E-state index contributed by atoms with van der Waals surface area (Å²) in [7, 11) is 0. The third kappa shape index (κ3) is 8.44. The molecule has 1 aliphatic rings. The maximum absolute atomic E-state index is 13.9. The molecule has 0 radical (unpaired) electrons. The van der Waals surface area contributed by atoms with Gasteiger partial charge in [-0.2, -0.15) is 0 Å². The minimum Gasteiger partial charge on any atom is -0.483 e. The number of nitrogens with zero attached hydrogens (tertiary/aromatic N) is 1. The molecule has 0 aliphatic heterocycles. The quantitative estimate of drug-likeness (QED) is 0.249. The highest BCUT2D eigenvalue weighted by Crippen LogP contribution is 2.29. The molecule has 1 saturated carbocycles. The monoisotopic (exact) mass is 604 g/mol. The second kappa shape index (κ2) is 14.5. The van der Waals surface area contributed by atoms with E-state index in [0.717, 1.165) is 46.8 Å². The number of halogens is 1. The SMILES string of the molecule is Cc1cccc(CN(C(=O)COc2ccc(C(C)C)cc2Br)[C@H](Cc2ccccc2)C(=O)NC2CCCCC2)c1. The lowest BCUT2D eigenvalue weighted by Crippen LogP contribution is -2.53. The molecule has 0 aromatic heterocycles. The highest BCUT2D eigenvalue weighted by atomic mass is 79.9. The molecule has 1 atom stereocenters. The van der Waals surface area contributed by atoms with Crippen LogP contribution in [-0.4, -0.2) is 35.4 Å². The minimum atomic E-state index is -0.660. The number of amides is 2. The summed E-state index contributed by atoms with van der Waals surface area (Å²) < 4.78 is 6.85. The Hall–Kier alpha value is -3.12. The molecule has 5 nitrogen and oxygen atoms in total. The summed E-state index contributed by atoms with van der Waals surface area (Å²) >= 11 is 3.60. The molecular formula is C34H41BrN2O3. The summed E-state index contributed by atoms with van der Waals surface area (Å²) in [4.78, 5) is 29.5. The van der Waals surface area contributed by atoms with Gasteiger partial charge in [0.15, 0.2) is 6.61 Å². The van der Waals surface area contributed by atoms with Crippen LogP contribution in [0.4, 0.5) is 0 Å². The molecular weight excluding hydrogens is 564 g/mol. The molecule has 40 heavy (non-hydrogen) atoms. The maximum atomic E-state index is 13.9. The van der Waals surface area contributed by atoms with E-state index >= 15 is 0 Å². The fourth-order valence-corrected chi connectivity index (χ4v) is 5.83. The number of aryl methyl sites for hydroxylation is 1. The smallest absolute Gasteiger partial charge is 0.261 e. The van der Waals surface area contributed by atoms with Crippen molar-refractivity contribution < 1.29 is 14.3 Å². The van der Waals surface area contributed by atoms with Gasteiger partial charge in [-0.25, -0.2) is 0 Å². The Morgan fingerprint density at radius 3 is 2.35 bits per heavy atom. The van der Waals surface area contributed by atoms with Gasteiger partial charge in [-0.15, -0.1) is 0 Å². The van der Waals surface area contributed by atoms with Gasteiger partial charge in [0.2, 0.25) is 5.91 Å². The molecule has 4 rings (SSSR count). The largest absolute Gasteiger partial charge is 0.483 e. The maximum Gasteiger partial charge on any atom is 0.261 e. The standard InChI is InChI=1S/C34H41BrN2O3/c1-24(2)28-17-18-32(30(35)21-28)40-23-33(38)37(22-27-14-10-11-25(3)19-27)31(20-26-12-6-4-7-13-26)34(39)36-29-15-8-5-9-16-29/h4,6-7,10-14,17-19,21,24,29,31H,5,8-9,15-16,20,22-23H2,1-3H3,(H,36,39)/t31-/m1/s1. The number of rotatable bonds is 11. The van der Waals surface area contributed by atoms with Crippen molar-refractivity contribution in [2.75, 3.05) is 6.61 Å². The normalized spacial score (nSPS) is 14.5. The molecule has 3 aromatic carbocycles. The van der Waals surface area contributed by atoms with Gasteiger partial charge in [0.1, 0.15) is 11.8 Å². The first-order valence-corrected chi connectivity index (χ1v) is 15.2. The third-order valence-corrected chi connectivity index (χ3v) is 8.25. The van der Waals surface area contributed by atoms with Crippen LogP contribution in [0, 0.1) is 6.92 Å². The van der Waals surface area contributed by atoms with Crippen molar-refractivity contribution in [3.8, 4) is 5.75 Å². The van der Waals surface area contributed by atoms with Gasteiger partial charge in [-0.3, -0.25) is 9.59 Å². The lowest BCUT2D eigenvalue weighted by Gasteiger charge is -2.33. The zero-order valence-corrected chi connectivity index (χ0v) is 25.5. The van der Waals surface area contributed by atoms with E-state index in [1.807, 2.05) is 73.7 Å². The fourth-order valence-electron chi connectivity index (χ4n) is 5.32. The van der Waals surface area contributed by atoms with Crippen LogP contribution in [0.15, 0.2) is 77.3 Å². The van der Waals surface area contributed by atoms with Crippen LogP contribution in [0.2, 0.25) is 0 Å². The Balaban J connectivity index is 1.61. The summed E-state index contributed by atoms with van der Waals surface area (Å²) in [6.45, 7) is 6.48. The molecule has 0 heterocycles. The number of carbonyl (C=O) groups is 2. The molecule has 1 aliphatic carbocycles. The molecule has 1 N–H and O–H groups in total. The van der Waals surface area contributed by atoms with E-state index in [4.69, 9.17) is 4.74 Å². The number of hydrogen-bond donors (Lipinski definition) is 1. The predicted octanol–water partition coefficient (Wildman–Crippen LogP) is 7.35. The van der Waals surface area contributed by atoms with Crippen LogP contribution in [0.1, 0.15) is 74.1 Å². The van der Waals surface area contributed by atoms with Crippen molar-refractivity contribution in [2.24, 2.45) is 0 Å². The van der Waals surface area contributed by atoms with Gasteiger partial charge in [0.25, 0.3) is 5.91 Å². The van der Waals surface area contributed by atoms with E-state index in [-0.39, 0.29) is 24.5 Å². The number of ether oxygens (including phenoxy) is 1. The van der Waals surface area contributed by atoms with Crippen molar-refractivity contribution in [2.45, 2.75) is 83.8 Å². The van der Waals surface area contributed by atoms with E-state index in [1.54, 1.807) is 4.90 Å². The van der Waals surface area contributed by atoms with Crippen molar-refractivity contribution in [1.29, 1.82) is 0 Å². The van der Waals surface area contributed by atoms with Crippen LogP contribution in [0.25, 0.3) is 0 Å². The molecule has 0 bridgehead atoms. The Labute approximate surface area is 247 Å². The fraction of sp³-hybridized carbons (Fsp3) is 0.412. The number of benzene rings is 3. The van der Waals surface area contributed by atoms with Crippen molar-refractivity contribution in [3.63, 3.8) is 0 Å². The number of nitrogens with one attached hydrogen (secondary N) is 1. The number of carbonyl (C=O) groups excluding carboxylic acids is 2. The van der Waals surface area contributed by atoms with E-state index in [1.165, 1.54) is 12.0 Å². The van der Waals surface area contributed by atoms with Crippen molar-refractivity contribution in [1.82, 2.24) is 10.2 Å². The van der Waals surface area contributed by atoms with Crippen LogP contribution < -0.4 is 10.1 Å². The van der Waals surface area contributed by atoms with Gasteiger partial charge in [-0.05, 0) is 70.4 Å².